The van der Waals surface area contributed by atoms with E-state index in [9.17, 15) is 4.57 Å². The summed E-state index contributed by atoms with van der Waals surface area (Å²) in [5.74, 6) is 0.257. The number of nitrogens with zero attached hydrogens (tertiary/aromatic N) is 2. The van der Waals surface area contributed by atoms with Crippen LogP contribution in [-0.4, -0.2) is 15.0 Å². The minimum atomic E-state index is -2.88. The van der Waals surface area contributed by atoms with Crippen molar-refractivity contribution in [3.05, 3.63) is 12.2 Å². The van der Waals surface area contributed by atoms with E-state index >= 15 is 0 Å². The normalized spacial score (nSPS) is 13.3. The molecule has 0 fully saturated rings. The van der Waals surface area contributed by atoms with E-state index in [1.165, 1.54) is 0 Å². The molecule has 1 atom stereocenters. The molecule has 1 aromatic rings. The van der Waals surface area contributed by atoms with E-state index in [1.54, 1.807) is 0 Å². The summed E-state index contributed by atoms with van der Waals surface area (Å²) < 4.78 is 18.6. The Bertz CT molecular complexity index is 210. The van der Waals surface area contributed by atoms with Crippen LogP contribution in [0.2, 0.25) is 0 Å². The Morgan fingerprint density at radius 1 is 1.90 bits per heavy atom. The first kappa shape index (κ1) is 7.40. The summed E-state index contributed by atoms with van der Waals surface area (Å²) >= 11 is 0. The summed E-state index contributed by atoms with van der Waals surface area (Å²) in [7, 11) is -2.88. The molecule has 6 nitrogen and oxygen atoms in total. The summed E-state index contributed by atoms with van der Waals surface area (Å²) in [6.45, 7) is -0.0925. The lowest BCUT2D eigenvalue weighted by Crippen LogP contribution is -1.87. The van der Waals surface area contributed by atoms with Crippen molar-refractivity contribution in [1.29, 1.82) is 0 Å². The maximum atomic E-state index is 9.97. The molecular weight excluding hydrogens is 159 g/mol. The molecule has 1 unspecified atom stereocenters. The Morgan fingerprint density at radius 2 is 2.70 bits per heavy atom. The summed E-state index contributed by atoms with van der Waals surface area (Å²) in [5, 5.41) is 3.34. The first-order valence-electron chi connectivity index (χ1n) is 2.40. The van der Waals surface area contributed by atoms with Gasteiger partial charge in [-0.15, -0.1) is 0 Å². The molecule has 56 valence electrons. The molecule has 0 bridgehead atoms. The third kappa shape index (κ3) is 2.26. The van der Waals surface area contributed by atoms with E-state index < -0.39 is 8.25 Å². The lowest BCUT2D eigenvalue weighted by molar-refractivity contribution is 0.259. The predicted molar refractivity (Wildman–Crippen MR) is 30.3 cm³/mol. The van der Waals surface area contributed by atoms with Crippen LogP contribution in [0.3, 0.4) is 0 Å². The molecule has 0 aliphatic heterocycles. The standard InChI is InChI=1S/C3H5N2O4P/c6-10(7)9-1-3-4-2-8-5-3/h2,10H,1H2,(H,6,7). The second-order valence-electron chi connectivity index (χ2n) is 1.40. The van der Waals surface area contributed by atoms with Gasteiger partial charge in [-0.2, -0.15) is 4.98 Å². The van der Waals surface area contributed by atoms with Crippen LogP contribution in [-0.2, 0) is 15.7 Å². The third-order valence-electron chi connectivity index (χ3n) is 0.732. The fourth-order valence-electron chi connectivity index (χ4n) is 0.382. The number of hydrogen-bond acceptors (Lipinski definition) is 5. The van der Waals surface area contributed by atoms with Gasteiger partial charge in [0.15, 0.2) is 5.82 Å². The van der Waals surface area contributed by atoms with Gasteiger partial charge >= 0.3 is 8.25 Å². The Morgan fingerprint density at radius 3 is 3.20 bits per heavy atom. The molecule has 0 saturated heterocycles. The van der Waals surface area contributed by atoms with Crippen molar-refractivity contribution in [2.45, 2.75) is 6.61 Å². The first-order chi connectivity index (χ1) is 4.79. The van der Waals surface area contributed by atoms with Crippen molar-refractivity contribution in [2.24, 2.45) is 0 Å². The first-order valence-corrected chi connectivity index (χ1v) is 3.66. The van der Waals surface area contributed by atoms with E-state index in [-0.39, 0.29) is 12.4 Å². The minimum Gasteiger partial charge on any atom is -0.343 e. The molecule has 0 radical (unpaired) electrons. The topological polar surface area (TPSA) is 85.5 Å². The molecule has 1 rings (SSSR count). The molecule has 0 saturated carbocycles. The van der Waals surface area contributed by atoms with Gasteiger partial charge in [-0.3, -0.25) is 4.57 Å². The van der Waals surface area contributed by atoms with Crippen molar-refractivity contribution >= 4 is 8.25 Å². The van der Waals surface area contributed by atoms with Gasteiger partial charge in [-0.05, 0) is 0 Å². The van der Waals surface area contributed by atoms with Crippen LogP contribution in [0.1, 0.15) is 5.82 Å². The van der Waals surface area contributed by atoms with E-state index in [2.05, 4.69) is 19.2 Å². The zero-order valence-electron chi connectivity index (χ0n) is 4.85. The molecule has 0 spiro atoms. The van der Waals surface area contributed by atoms with Crippen LogP contribution < -0.4 is 0 Å². The van der Waals surface area contributed by atoms with Gasteiger partial charge in [0.2, 0.25) is 6.39 Å². The summed E-state index contributed by atoms with van der Waals surface area (Å²) in [4.78, 5) is 11.7. The fourth-order valence-corrected chi connectivity index (χ4v) is 0.635. The van der Waals surface area contributed by atoms with Crippen molar-refractivity contribution < 1.29 is 18.5 Å². The molecule has 1 aromatic heterocycles. The molecule has 0 aliphatic rings. The zero-order chi connectivity index (χ0) is 7.40. The predicted octanol–water partition coefficient (Wildman–Crippen LogP) is -0.0318. The maximum absolute atomic E-state index is 9.97. The second-order valence-corrected chi connectivity index (χ2v) is 2.22. The van der Waals surface area contributed by atoms with E-state index in [0.29, 0.717) is 0 Å². The monoisotopic (exact) mass is 164 g/mol. The average Bonchev–Trinajstić information content (AvgIpc) is 2.34. The van der Waals surface area contributed by atoms with Gasteiger partial charge < -0.3 is 13.9 Å². The Balaban J connectivity index is 2.35. The highest BCUT2D eigenvalue weighted by Crippen LogP contribution is 2.15. The van der Waals surface area contributed by atoms with Crippen molar-refractivity contribution in [3.63, 3.8) is 0 Å². The molecule has 0 amide bonds. The van der Waals surface area contributed by atoms with Crippen LogP contribution >= 0.6 is 8.25 Å². The maximum Gasteiger partial charge on any atom is 0.317 e. The van der Waals surface area contributed by atoms with Crippen LogP contribution in [0.15, 0.2) is 10.9 Å². The quantitative estimate of drug-likeness (QED) is 0.631. The average molecular weight is 164 g/mol. The molecule has 1 N–H and O–H groups in total. The van der Waals surface area contributed by atoms with Gasteiger partial charge in [0.05, 0.1) is 0 Å². The van der Waals surface area contributed by atoms with Crippen LogP contribution in [0.4, 0.5) is 0 Å². The molecular formula is C3H5N2O4P. The molecule has 10 heavy (non-hydrogen) atoms. The second kappa shape index (κ2) is 3.46. The highest BCUT2D eigenvalue weighted by atomic mass is 31.1. The van der Waals surface area contributed by atoms with Gasteiger partial charge in [0, 0.05) is 0 Å². The van der Waals surface area contributed by atoms with Gasteiger partial charge in [-0.1, -0.05) is 5.16 Å². The van der Waals surface area contributed by atoms with Crippen molar-refractivity contribution in [3.8, 4) is 0 Å². The largest absolute Gasteiger partial charge is 0.343 e. The van der Waals surface area contributed by atoms with Crippen molar-refractivity contribution in [1.82, 2.24) is 10.1 Å². The third-order valence-corrected chi connectivity index (χ3v) is 1.12. The lowest BCUT2D eigenvalue weighted by atomic mass is 10.7. The minimum absolute atomic E-state index is 0.0925. The van der Waals surface area contributed by atoms with Crippen LogP contribution in [0.25, 0.3) is 0 Å². The molecule has 7 heteroatoms. The van der Waals surface area contributed by atoms with Crippen LogP contribution in [0.5, 0.6) is 0 Å². The number of rotatable bonds is 3. The molecule has 1 heterocycles. The van der Waals surface area contributed by atoms with E-state index in [0.717, 1.165) is 6.39 Å². The highest BCUT2D eigenvalue weighted by Gasteiger charge is 1.98. The summed E-state index contributed by atoms with van der Waals surface area (Å²) in [5.41, 5.74) is 0. The van der Waals surface area contributed by atoms with Gasteiger partial charge in [-0.25, -0.2) is 0 Å². The Hall–Kier alpha value is -0.710. The Labute approximate surface area is 56.8 Å². The van der Waals surface area contributed by atoms with E-state index in [4.69, 9.17) is 4.89 Å². The SMILES string of the molecule is O=[PH](O)OCc1ncon1. The summed E-state index contributed by atoms with van der Waals surface area (Å²) in [6.07, 6.45) is 1.12. The summed E-state index contributed by atoms with van der Waals surface area (Å²) in [6, 6.07) is 0. The lowest BCUT2D eigenvalue weighted by Gasteiger charge is -1.91. The zero-order valence-corrected chi connectivity index (χ0v) is 5.85. The number of aromatic nitrogens is 2. The van der Waals surface area contributed by atoms with Gasteiger partial charge in [0.25, 0.3) is 0 Å². The molecule has 0 aliphatic carbocycles. The van der Waals surface area contributed by atoms with Crippen molar-refractivity contribution in [2.75, 3.05) is 0 Å². The van der Waals surface area contributed by atoms with E-state index in [1.807, 2.05) is 0 Å². The van der Waals surface area contributed by atoms with Crippen LogP contribution in [0, 0.1) is 0 Å². The molecule has 0 aromatic carbocycles. The number of hydrogen-bond donors (Lipinski definition) is 1. The Kier molecular flexibility index (Phi) is 2.56. The fraction of sp³-hybridized carbons (Fsp3) is 0.333. The smallest absolute Gasteiger partial charge is 0.317 e. The highest BCUT2D eigenvalue weighted by molar-refractivity contribution is 7.32. The van der Waals surface area contributed by atoms with Gasteiger partial charge in [0.1, 0.15) is 6.61 Å².